The molecule has 1 aromatic rings. The molecule has 1 heterocycles. The molecule has 0 saturated carbocycles. The molecular formula is C9H11N5O4S. The third-order valence-corrected chi connectivity index (χ3v) is 3.57. The van der Waals surface area contributed by atoms with Gasteiger partial charge in [-0.3, -0.25) is 10.1 Å². The summed E-state index contributed by atoms with van der Waals surface area (Å²) in [6.45, 7) is -0.0636. The number of nitrogens with zero attached hydrogens (tertiary/aromatic N) is 3. The van der Waals surface area contributed by atoms with Gasteiger partial charge in [-0.05, 0) is 13.1 Å². The van der Waals surface area contributed by atoms with E-state index in [-0.39, 0.29) is 23.7 Å². The largest absolute Gasteiger partial charge is 0.363 e. The number of anilines is 1. The topological polar surface area (TPSA) is 138 Å². The van der Waals surface area contributed by atoms with Crippen molar-refractivity contribution >= 4 is 21.5 Å². The zero-order valence-corrected chi connectivity index (χ0v) is 10.8. The first-order valence-electron chi connectivity index (χ1n) is 5.10. The number of rotatable bonds is 6. The highest BCUT2D eigenvalue weighted by molar-refractivity contribution is 7.89. The molecule has 0 atom stereocenters. The Kier molecular flexibility index (Phi) is 4.74. The Labute approximate surface area is 109 Å². The summed E-state index contributed by atoms with van der Waals surface area (Å²) in [5.41, 5.74) is -0.606. The number of nitro groups is 1. The van der Waals surface area contributed by atoms with Crippen LogP contribution in [0.4, 0.5) is 11.5 Å². The van der Waals surface area contributed by atoms with Gasteiger partial charge in [0.25, 0.3) is 0 Å². The standard InChI is InChI=1S/C9H11N5O4S/c1-11-19(17,18)5-4-13-9-8(14(15)16)7(6-10)2-3-12-9/h2-3,11H,4-5H2,1H3,(H,12,13). The molecule has 9 nitrogen and oxygen atoms in total. The SMILES string of the molecule is CNS(=O)(=O)CCNc1nccc(C#N)c1[N+](=O)[O-]. The summed E-state index contributed by atoms with van der Waals surface area (Å²) in [5, 5.41) is 22.2. The van der Waals surface area contributed by atoms with Gasteiger partial charge < -0.3 is 5.32 Å². The van der Waals surface area contributed by atoms with Gasteiger partial charge >= 0.3 is 5.69 Å². The molecule has 0 fully saturated rings. The first-order chi connectivity index (χ1) is 8.91. The monoisotopic (exact) mass is 285 g/mol. The molecule has 0 bridgehead atoms. The molecule has 0 unspecified atom stereocenters. The van der Waals surface area contributed by atoms with E-state index in [4.69, 9.17) is 5.26 Å². The van der Waals surface area contributed by atoms with E-state index in [2.05, 4.69) is 15.0 Å². The third-order valence-electron chi connectivity index (χ3n) is 2.20. The van der Waals surface area contributed by atoms with Gasteiger partial charge in [-0.2, -0.15) is 5.26 Å². The molecule has 102 valence electrons. The predicted octanol–water partition coefficient (Wildman–Crippen LogP) is -0.177. The van der Waals surface area contributed by atoms with Crippen LogP contribution in [-0.4, -0.2) is 37.7 Å². The number of hydrogen-bond acceptors (Lipinski definition) is 7. The van der Waals surface area contributed by atoms with Crippen molar-refractivity contribution in [3.8, 4) is 6.07 Å². The lowest BCUT2D eigenvalue weighted by molar-refractivity contribution is -0.384. The van der Waals surface area contributed by atoms with Gasteiger partial charge in [0, 0.05) is 12.7 Å². The van der Waals surface area contributed by atoms with Crippen LogP contribution in [0.15, 0.2) is 12.3 Å². The molecule has 19 heavy (non-hydrogen) atoms. The first kappa shape index (κ1) is 14.8. The summed E-state index contributed by atoms with van der Waals surface area (Å²) < 4.78 is 24.5. The molecule has 0 radical (unpaired) electrons. The zero-order chi connectivity index (χ0) is 14.5. The summed E-state index contributed by atoms with van der Waals surface area (Å²) in [7, 11) is -2.14. The van der Waals surface area contributed by atoms with E-state index in [1.165, 1.54) is 19.3 Å². The molecule has 1 aromatic heterocycles. The van der Waals surface area contributed by atoms with Crippen molar-refractivity contribution in [2.75, 3.05) is 24.7 Å². The van der Waals surface area contributed by atoms with Crippen LogP contribution in [0.1, 0.15) is 5.56 Å². The van der Waals surface area contributed by atoms with Crippen LogP contribution in [0, 0.1) is 21.4 Å². The van der Waals surface area contributed by atoms with Crippen molar-refractivity contribution in [1.82, 2.24) is 9.71 Å². The van der Waals surface area contributed by atoms with Gasteiger partial charge in [0.15, 0.2) is 0 Å². The van der Waals surface area contributed by atoms with Crippen molar-refractivity contribution in [3.05, 3.63) is 27.9 Å². The van der Waals surface area contributed by atoms with Gasteiger partial charge in [-0.25, -0.2) is 18.1 Å². The summed E-state index contributed by atoms with van der Waals surface area (Å²) in [6, 6.07) is 2.90. The highest BCUT2D eigenvalue weighted by atomic mass is 32.2. The van der Waals surface area contributed by atoms with Gasteiger partial charge in [0.2, 0.25) is 15.8 Å². The second kappa shape index (κ2) is 6.07. The van der Waals surface area contributed by atoms with Crippen molar-refractivity contribution in [2.45, 2.75) is 0 Å². The van der Waals surface area contributed by atoms with Crippen LogP contribution >= 0.6 is 0 Å². The molecule has 0 aliphatic carbocycles. The van der Waals surface area contributed by atoms with Crippen molar-refractivity contribution in [3.63, 3.8) is 0 Å². The van der Waals surface area contributed by atoms with Gasteiger partial charge in [0.05, 0.1) is 10.7 Å². The fourth-order valence-corrected chi connectivity index (χ4v) is 1.84. The lowest BCUT2D eigenvalue weighted by Crippen LogP contribution is -2.26. The number of aromatic nitrogens is 1. The van der Waals surface area contributed by atoms with Gasteiger partial charge in [-0.1, -0.05) is 0 Å². The minimum atomic E-state index is -3.41. The maximum absolute atomic E-state index is 11.2. The van der Waals surface area contributed by atoms with Crippen LogP contribution in [0.25, 0.3) is 0 Å². The number of pyridine rings is 1. The molecule has 0 amide bonds. The Morgan fingerprint density at radius 2 is 2.26 bits per heavy atom. The van der Waals surface area contributed by atoms with Crippen LogP contribution < -0.4 is 10.0 Å². The van der Waals surface area contributed by atoms with E-state index < -0.39 is 20.6 Å². The lowest BCUT2D eigenvalue weighted by atomic mass is 10.2. The maximum atomic E-state index is 11.2. The molecule has 1 rings (SSSR count). The third kappa shape index (κ3) is 3.87. The molecule has 0 spiro atoms. The molecule has 10 heteroatoms. The van der Waals surface area contributed by atoms with Crippen LogP contribution in [0.5, 0.6) is 0 Å². The number of sulfonamides is 1. The molecular weight excluding hydrogens is 274 g/mol. The minimum absolute atomic E-state index is 0.0636. The van der Waals surface area contributed by atoms with E-state index in [0.717, 1.165) is 0 Å². The van der Waals surface area contributed by atoms with Crippen molar-refractivity contribution in [2.24, 2.45) is 0 Å². The fraction of sp³-hybridized carbons (Fsp3) is 0.333. The summed E-state index contributed by atoms with van der Waals surface area (Å²) >= 11 is 0. The molecule has 0 saturated heterocycles. The minimum Gasteiger partial charge on any atom is -0.363 e. The Bertz CT molecular complexity index is 622. The average Bonchev–Trinajstić information content (AvgIpc) is 2.37. The summed E-state index contributed by atoms with van der Waals surface area (Å²) in [5.74, 6) is -0.394. The quantitative estimate of drug-likeness (QED) is 0.546. The molecule has 0 aliphatic rings. The zero-order valence-electron chi connectivity index (χ0n) is 9.95. The maximum Gasteiger partial charge on any atom is 0.328 e. The van der Waals surface area contributed by atoms with E-state index >= 15 is 0 Å². The molecule has 2 N–H and O–H groups in total. The van der Waals surface area contributed by atoms with Crippen LogP contribution in [0.2, 0.25) is 0 Å². The fourth-order valence-electron chi connectivity index (χ4n) is 1.26. The lowest BCUT2D eigenvalue weighted by Gasteiger charge is -2.06. The first-order valence-corrected chi connectivity index (χ1v) is 6.75. The molecule has 0 aliphatic heterocycles. The van der Waals surface area contributed by atoms with Gasteiger partial charge in [-0.15, -0.1) is 0 Å². The Morgan fingerprint density at radius 1 is 1.58 bits per heavy atom. The van der Waals surface area contributed by atoms with E-state index in [1.807, 2.05) is 0 Å². The van der Waals surface area contributed by atoms with E-state index in [0.29, 0.717) is 0 Å². The predicted molar refractivity (Wildman–Crippen MR) is 66.9 cm³/mol. The Balaban J connectivity index is 2.91. The van der Waals surface area contributed by atoms with Crippen LogP contribution in [0.3, 0.4) is 0 Å². The number of hydrogen-bond donors (Lipinski definition) is 2. The average molecular weight is 285 g/mol. The second-order valence-electron chi connectivity index (χ2n) is 3.37. The van der Waals surface area contributed by atoms with Crippen LogP contribution in [-0.2, 0) is 10.0 Å². The summed E-state index contributed by atoms with van der Waals surface area (Å²) in [4.78, 5) is 13.9. The number of nitrogens with one attached hydrogen (secondary N) is 2. The normalized spacial score (nSPS) is 10.7. The Morgan fingerprint density at radius 3 is 2.79 bits per heavy atom. The van der Waals surface area contributed by atoms with Crippen molar-refractivity contribution < 1.29 is 13.3 Å². The summed E-state index contributed by atoms with van der Waals surface area (Å²) in [6.07, 6.45) is 1.24. The van der Waals surface area contributed by atoms with E-state index in [1.54, 1.807) is 6.07 Å². The highest BCUT2D eigenvalue weighted by Crippen LogP contribution is 2.25. The molecule has 0 aromatic carbocycles. The second-order valence-corrected chi connectivity index (χ2v) is 5.42. The Hall–Kier alpha value is -2.25. The van der Waals surface area contributed by atoms with Crippen molar-refractivity contribution in [1.29, 1.82) is 5.26 Å². The smallest absolute Gasteiger partial charge is 0.328 e. The van der Waals surface area contributed by atoms with E-state index in [9.17, 15) is 18.5 Å². The highest BCUT2D eigenvalue weighted by Gasteiger charge is 2.21. The number of nitriles is 1. The van der Waals surface area contributed by atoms with Gasteiger partial charge in [0.1, 0.15) is 11.6 Å².